The molecule has 2 N–H and O–H groups in total. The van der Waals surface area contributed by atoms with Gasteiger partial charge in [-0.05, 0) is 72.1 Å². The molecule has 0 heterocycles. The van der Waals surface area contributed by atoms with Crippen LogP contribution in [0.25, 0.3) is 0 Å². The summed E-state index contributed by atoms with van der Waals surface area (Å²) in [5, 5.41) is 14.8. The van der Waals surface area contributed by atoms with Crippen LogP contribution in [-0.2, 0) is 21.4 Å². The van der Waals surface area contributed by atoms with Gasteiger partial charge in [0, 0.05) is 18.6 Å². The Morgan fingerprint density at radius 1 is 0.951 bits per heavy atom. The smallest absolute Gasteiger partial charge is 0.269 e. The first kappa shape index (κ1) is 29.1. The third-order valence-corrected chi connectivity index (χ3v) is 7.54. The molecule has 41 heavy (non-hydrogen) atoms. The van der Waals surface area contributed by atoms with Crippen molar-refractivity contribution in [3.05, 3.63) is 135 Å². The van der Waals surface area contributed by atoms with Crippen LogP contribution in [0, 0.1) is 17.0 Å². The van der Waals surface area contributed by atoms with E-state index >= 15 is 0 Å². The number of amides is 1. The number of hydrazone groups is 1. The van der Waals surface area contributed by atoms with Crippen LogP contribution in [0.2, 0.25) is 0 Å². The third kappa shape index (κ3) is 8.56. The molecular formula is C30H28N4O6S. The molecule has 0 radical (unpaired) electrons. The van der Waals surface area contributed by atoms with E-state index in [9.17, 15) is 23.3 Å². The van der Waals surface area contributed by atoms with Crippen LogP contribution in [0.1, 0.15) is 34.7 Å². The fraction of sp³-hybridized carbons (Fsp3) is 0.133. The lowest BCUT2D eigenvalue weighted by molar-refractivity contribution is -0.384. The Balaban J connectivity index is 1.33. The highest BCUT2D eigenvalue weighted by Gasteiger charge is 2.23. The zero-order chi connectivity index (χ0) is 29.2. The molecule has 1 amide bonds. The van der Waals surface area contributed by atoms with Crippen molar-refractivity contribution in [1.29, 1.82) is 0 Å². The van der Waals surface area contributed by atoms with Crippen molar-refractivity contribution in [2.75, 3.05) is 0 Å². The SMILES string of the molecule is Cc1ccc(S(=O)(=O)N[C@@H](CC(=O)N/N=C\c2ccc(OCc3ccc([N+](=O)[O-])cc3)cc2)c2ccccc2)cc1. The number of hydrogen-bond donors (Lipinski definition) is 2. The quantitative estimate of drug-likeness (QED) is 0.138. The number of sulfonamides is 1. The van der Waals surface area contributed by atoms with Crippen molar-refractivity contribution in [1.82, 2.24) is 10.1 Å². The first-order valence-corrected chi connectivity index (χ1v) is 14.1. The van der Waals surface area contributed by atoms with Gasteiger partial charge in [0.25, 0.3) is 5.69 Å². The molecule has 0 saturated heterocycles. The number of aryl methyl sites for hydroxylation is 1. The minimum absolute atomic E-state index is 0.0172. The van der Waals surface area contributed by atoms with Crippen molar-refractivity contribution in [3.8, 4) is 5.75 Å². The summed E-state index contributed by atoms with van der Waals surface area (Å²) >= 11 is 0. The first-order chi connectivity index (χ1) is 19.7. The molecule has 4 aromatic carbocycles. The number of carbonyl (C=O) groups excluding carboxylic acids is 1. The molecule has 0 spiro atoms. The summed E-state index contributed by atoms with van der Waals surface area (Å²) in [6.07, 6.45) is 1.30. The fourth-order valence-electron chi connectivity index (χ4n) is 3.83. The molecule has 11 heteroatoms. The Labute approximate surface area is 237 Å². The summed E-state index contributed by atoms with van der Waals surface area (Å²) < 4.78 is 34.3. The van der Waals surface area contributed by atoms with E-state index in [0.29, 0.717) is 16.9 Å². The monoisotopic (exact) mass is 572 g/mol. The highest BCUT2D eigenvalue weighted by Crippen LogP contribution is 2.21. The molecule has 4 aromatic rings. The second-order valence-corrected chi connectivity index (χ2v) is 10.9. The zero-order valence-electron chi connectivity index (χ0n) is 22.1. The van der Waals surface area contributed by atoms with Gasteiger partial charge >= 0.3 is 0 Å². The third-order valence-electron chi connectivity index (χ3n) is 6.06. The van der Waals surface area contributed by atoms with Gasteiger partial charge in [0.05, 0.1) is 22.1 Å². The number of carbonyl (C=O) groups is 1. The number of nitrogens with one attached hydrogen (secondary N) is 2. The highest BCUT2D eigenvalue weighted by atomic mass is 32.2. The lowest BCUT2D eigenvalue weighted by Gasteiger charge is -2.18. The van der Waals surface area contributed by atoms with Crippen LogP contribution < -0.4 is 14.9 Å². The Morgan fingerprint density at radius 2 is 1.61 bits per heavy atom. The molecule has 0 bridgehead atoms. The highest BCUT2D eigenvalue weighted by molar-refractivity contribution is 7.89. The Bertz CT molecular complexity index is 1610. The van der Waals surface area contributed by atoms with Gasteiger partial charge in [0.15, 0.2) is 0 Å². The number of benzene rings is 4. The van der Waals surface area contributed by atoms with Crippen LogP contribution in [0.15, 0.2) is 113 Å². The van der Waals surface area contributed by atoms with Crippen LogP contribution in [0.4, 0.5) is 5.69 Å². The van der Waals surface area contributed by atoms with Crippen LogP contribution in [0.5, 0.6) is 5.75 Å². The number of non-ortho nitro benzene ring substituents is 1. The van der Waals surface area contributed by atoms with E-state index in [-0.39, 0.29) is 23.6 Å². The van der Waals surface area contributed by atoms with E-state index in [1.54, 1.807) is 72.8 Å². The van der Waals surface area contributed by atoms with Gasteiger partial charge in [-0.2, -0.15) is 5.10 Å². The van der Waals surface area contributed by atoms with Gasteiger partial charge in [0.2, 0.25) is 15.9 Å². The first-order valence-electron chi connectivity index (χ1n) is 12.6. The predicted octanol–water partition coefficient (Wildman–Crippen LogP) is 5.04. The maximum atomic E-state index is 13.0. The lowest BCUT2D eigenvalue weighted by atomic mass is 10.0. The topological polar surface area (TPSA) is 140 Å². The second-order valence-electron chi connectivity index (χ2n) is 9.18. The molecule has 0 fully saturated rings. The minimum atomic E-state index is -3.87. The Hall–Kier alpha value is -4.87. The minimum Gasteiger partial charge on any atom is -0.489 e. The molecule has 0 saturated carbocycles. The summed E-state index contributed by atoms with van der Waals surface area (Å²) in [5.74, 6) is 0.126. The van der Waals surface area contributed by atoms with Gasteiger partial charge < -0.3 is 4.74 Å². The predicted molar refractivity (Wildman–Crippen MR) is 155 cm³/mol. The molecule has 0 unspecified atom stereocenters. The van der Waals surface area contributed by atoms with Gasteiger partial charge in [-0.25, -0.2) is 18.6 Å². The molecule has 10 nitrogen and oxygen atoms in total. The molecule has 0 aliphatic carbocycles. The largest absolute Gasteiger partial charge is 0.489 e. The summed E-state index contributed by atoms with van der Waals surface area (Å²) in [6, 6.07) is 27.6. The number of nitro groups is 1. The number of nitro benzene ring substituents is 1. The maximum absolute atomic E-state index is 13.0. The lowest BCUT2D eigenvalue weighted by Crippen LogP contribution is -2.32. The molecule has 0 aromatic heterocycles. The maximum Gasteiger partial charge on any atom is 0.269 e. The number of nitrogens with zero attached hydrogens (tertiary/aromatic N) is 2. The standard InChI is InChI=1S/C30H28N4O6S/c1-22-7-17-28(18-8-22)41(38,39)33-29(25-5-3-2-4-6-25)19-30(35)32-31-20-23-11-15-27(16-12-23)40-21-24-9-13-26(14-10-24)34(36)37/h2-18,20,29,33H,19,21H2,1H3,(H,32,35)/b31-20-/t29-/m0/s1. The van der Waals surface area contributed by atoms with Crippen molar-refractivity contribution in [2.24, 2.45) is 5.10 Å². The van der Waals surface area contributed by atoms with Crippen molar-refractivity contribution >= 4 is 27.8 Å². The summed E-state index contributed by atoms with van der Waals surface area (Å²) in [4.78, 5) is 23.1. The van der Waals surface area contributed by atoms with Crippen molar-refractivity contribution < 1.29 is 22.9 Å². The molecule has 210 valence electrons. The molecule has 4 rings (SSSR count). The van der Waals surface area contributed by atoms with Crippen molar-refractivity contribution in [3.63, 3.8) is 0 Å². The Kier molecular flexibility index (Phi) is 9.56. The van der Waals surface area contributed by atoms with E-state index in [1.165, 1.54) is 30.5 Å². The molecular weight excluding hydrogens is 544 g/mol. The fourth-order valence-corrected chi connectivity index (χ4v) is 5.05. The number of hydrogen-bond acceptors (Lipinski definition) is 7. The summed E-state index contributed by atoms with van der Waals surface area (Å²) in [5.41, 5.74) is 5.54. The van der Waals surface area contributed by atoms with Crippen LogP contribution in [-0.4, -0.2) is 25.5 Å². The van der Waals surface area contributed by atoms with E-state index in [0.717, 1.165) is 11.1 Å². The second kappa shape index (κ2) is 13.5. The average molecular weight is 573 g/mol. The summed E-state index contributed by atoms with van der Waals surface area (Å²) in [7, 11) is -3.87. The van der Waals surface area contributed by atoms with E-state index in [4.69, 9.17) is 4.74 Å². The summed E-state index contributed by atoms with van der Waals surface area (Å²) in [6.45, 7) is 2.12. The van der Waals surface area contributed by atoms with Crippen molar-refractivity contribution in [2.45, 2.75) is 30.9 Å². The van der Waals surface area contributed by atoms with E-state index in [1.807, 2.05) is 13.0 Å². The van der Waals surface area contributed by atoms with Gasteiger partial charge in [-0.15, -0.1) is 0 Å². The van der Waals surface area contributed by atoms with E-state index < -0.39 is 26.9 Å². The molecule has 1 atom stereocenters. The normalized spacial score (nSPS) is 12.1. The van der Waals surface area contributed by atoms with Gasteiger partial charge in [0.1, 0.15) is 12.4 Å². The molecule has 0 aliphatic rings. The zero-order valence-corrected chi connectivity index (χ0v) is 23.0. The number of rotatable bonds is 12. The van der Waals surface area contributed by atoms with Crippen LogP contribution >= 0.6 is 0 Å². The van der Waals surface area contributed by atoms with Crippen LogP contribution in [0.3, 0.4) is 0 Å². The van der Waals surface area contributed by atoms with Gasteiger partial charge in [-0.1, -0.05) is 48.0 Å². The van der Waals surface area contributed by atoms with E-state index in [2.05, 4.69) is 15.2 Å². The molecule has 0 aliphatic heterocycles. The number of ether oxygens (including phenoxy) is 1. The average Bonchev–Trinajstić information content (AvgIpc) is 2.97. The van der Waals surface area contributed by atoms with Gasteiger partial charge in [-0.3, -0.25) is 14.9 Å². The Morgan fingerprint density at radius 3 is 2.24 bits per heavy atom.